The van der Waals surface area contributed by atoms with Crippen LogP contribution < -0.4 is 10.5 Å². The van der Waals surface area contributed by atoms with Gasteiger partial charge in [-0.25, -0.2) is 0 Å². The summed E-state index contributed by atoms with van der Waals surface area (Å²) in [5.41, 5.74) is 7.44. The normalized spacial score (nSPS) is 16.1. The van der Waals surface area contributed by atoms with Gasteiger partial charge in [-0.05, 0) is 35.7 Å². The average Bonchev–Trinajstić information content (AvgIpc) is 2.59. The molecule has 1 aliphatic heterocycles. The first-order valence-corrected chi connectivity index (χ1v) is 7.39. The van der Waals surface area contributed by atoms with Crippen molar-refractivity contribution < 1.29 is 19.1 Å². The molecule has 5 nitrogen and oxygen atoms in total. The topological polar surface area (TPSA) is 78.6 Å². The molecule has 0 radical (unpaired) electrons. The van der Waals surface area contributed by atoms with Gasteiger partial charge in [0.15, 0.2) is 0 Å². The molecule has 2 aromatic carbocycles. The number of hydrogen-bond acceptors (Lipinski definition) is 4. The maximum absolute atomic E-state index is 12.2. The lowest BCUT2D eigenvalue weighted by molar-refractivity contribution is -0.151. The van der Waals surface area contributed by atoms with Crippen LogP contribution in [0.2, 0.25) is 0 Å². The molecular weight excluding hydrogens is 294 g/mol. The molecule has 1 amide bonds. The van der Waals surface area contributed by atoms with E-state index >= 15 is 0 Å². The molecular formula is C18H17NO4. The number of carbonyl (C=O) groups is 2. The Labute approximate surface area is 134 Å². The Hall–Kier alpha value is -2.82. The Kier molecular flexibility index (Phi) is 4.28. The molecule has 1 atom stereocenters. The van der Waals surface area contributed by atoms with Crippen molar-refractivity contribution in [2.75, 3.05) is 6.61 Å². The highest BCUT2D eigenvalue weighted by molar-refractivity contribution is 5.92. The largest absolute Gasteiger partial charge is 0.492 e. The van der Waals surface area contributed by atoms with E-state index in [0.717, 1.165) is 16.9 Å². The number of primary amides is 1. The van der Waals surface area contributed by atoms with Crippen LogP contribution in [0.25, 0.3) is 0 Å². The second-order valence-corrected chi connectivity index (χ2v) is 5.49. The Morgan fingerprint density at radius 2 is 1.87 bits per heavy atom. The first kappa shape index (κ1) is 15.1. The highest BCUT2D eigenvalue weighted by Gasteiger charge is 2.27. The van der Waals surface area contributed by atoms with Crippen molar-refractivity contribution >= 4 is 11.9 Å². The highest BCUT2D eigenvalue weighted by Crippen LogP contribution is 2.27. The fraction of sp³-hybridized carbons (Fsp3) is 0.222. The molecule has 0 aromatic heterocycles. The van der Waals surface area contributed by atoms with Crippen molar-refractivity contribution in [1.82, 2.24) is 0 Å². The van der Waals surface area contributed by atoms with Gasteiger partial charge in [0.2, 0.25) is 5.91 Å². The van der Waals surface area contributed by atoms with Crippen LogP contribution in [-0.2, 0) is 22.6 Å². The Balaban J connectivity index is 1.57. The highest BCUT2D eigenvalue weighted by atomic mass is 16.5. The predicted molar refractivity (Wildman–Crippen MR) is 83.9 cm³/mol. The summed E-state index contributed by atoms with van der Waals surface area (Å²) in [6.45, 7) is 0.493. The van der Waals surface area contributed by atoms with E-state index in [1.54, 1.807) is 24.3 Å². The molecule has 0 unspecified atom stereocenters. The number of rotatable bonds is 4. The summed E-state index contributed by atoms with van der Waals surface area (Å²) in [6.07, 6.45) is 0.621. The molecule has 0 saturated carbocycles. The van der Waals surface area contributed by atoms with Crippen molar-refractivity contribution in [1.29, 1.82) is 0 Å². The molecule has 23 heavy (non-hydrogen) atoms. The van der Waals surface area contributed by atoms with E-state index in [2.05, 4.69) is 0 Å². The number of para-hydroxylation sites is 1. The number of nitrogens with two attached hydrogens (primary N) is 1. The summed E-state index contributed by atoms with van der Waals surface area (Å²) in [5.74, 6) is -0.224. The van der Waals surface area contributed by atoms with Gasteiger partial charge < -0.3 is 15.2 Å². The van der Waals surface area contributed by atoms with Gasteiger partial charge >= 0.3 is 5.97 Å². The number of fused-ring (bicyclic) bond motifs is 1. The number of amides is 1. The van der Waals surface area contributed by atoms with Gasteiger partial charge in [0, 0.05) is 5.56 Å². The summed E-state index contributed by atoms with van der Waals surface area (Å²) in [6, 6.07) is 14.4. The zero-order chi connectivity index (χ0) is 16.2. The monoisotopic (exact) mass is 311 g/mol. The molecule has 0 aliphatic carbocycles. The molecule has 2 N–H and O–H groups in total. The third-order valence-corrected chi connectivity index (χ3v) is 3.83. The van der Waals surface area contributed by atoms with E-state index in [1.165, 1.54) is 0 Å². The van der Waals surface area contributed by atoms with E-state index < -0.39 is 5.91 Å². The first-order chi connectivity index (χ1) is 11.1. The van der Waals surface area contributed by atoms with Crippen LogP contribution in [-0.4, -0.2) is 18.5 Å². The zero-order valence-electron chi connectivity index (χ0n) is 12.5. The summed E-state index contributed by atoms with van der Waals surface area (Å²) in [4.78, 5) is 23.2. The van der Waals surface area contributed by atoms with Gasteiger partial charge in [0.05, 0.1) is 5.92 Å². The van der Waals surface area contributed by atoms with Crippen molar-refractivity contribution in [3.8, 4) is 5.75 Å². The number of ether oxygens (including phenoxy) is 2. The van der Waals surface area contributed by atoms with Crippen LogP contribution in [0.5, 0.6) is 5.75 Å². The van der Waals surface area contributed by atoms with Crippen molar-refractivity contribution in [2.45, 2.75) is 13.0 Å². The molecule has 0 fully saturated rings. The smallest absolute Gasteiger partial charge is 0.313 e. The number of benzene rings is 2. The van der Waals surface area contributed by atoms with Gasteiger partial charge in [-0.1, -0.05) is 30.3 Å². The van der Waals surface area contributed by atoms with Crippen LogP contribution in [0.15, 0.2) is 48.5 Å². The number of hydrogen-bond donors (Lipinski definition) is 1. The number of esters is 1. The van der Waals surface area contributed by atoms with Crippen LogP contribution in [0.1, 0.15) is 21.5 Å². The van der Waals surface area contributed by atoms with Gasteiger partial charge in [0.1, 0.15) is 19.0 Å². The molecule has 1 heterocycles. The molecule has 3 rings (SSSR count). The summed E-state index contributed by atoms with van der Waals surface area (Å²) >= 11 is 0. The molecule has 0 saturated heterocycles. The Morgan fingerprint density at radius 1 is 1.13 bits per heavy atom. The SMILES string of the molecule is NC(=O)c1ccc(COC(=O)[C@@H]2COc3ccccc3C2)cc1. The zero-order valence-corrected chi connectivity index (χ0v) is 12.5. The van der Waals surface area contributed by atoms with E-state index in [0.29, 0.717) is 18.6 Å². The van der Waals surface area contributed by atoms with Crippen LogP contribution in [0.4, 0.5) is 0 Å². The summed E-state index contributed by atoms with van der Waals surface area (Å²) in [7, 11) is 0. The fourth-order valence-electron chi connectivity index (χ4n) is 2.52. The second-order valence-electron chi connectivity index (χ2n) is 5.49. The van der Waals surface area contributed by atoms with Crippen LogP contribution >= 0.6 is 0 Å². The minimum absolute atomic E-state index is 0.163. The lowest BCUT2D eigenvalue weighted by Gasteiger charge is -2.23. The predicted octanol–water partition coefficient (Wildman–Crippen LogP) is 2.08. The molecule has 1 aliphatic rings. The number of carbonyl (C=O) groups excluding carboxylic acids is 2. The van der Waals surface area contributed by atoms with E-state index in [4.69, 9.17) is 15.2 Å². The van der Waals surface area contributed by atoms with Crippen molar-refractivity contribution in [3.05, 3.63) is 65.2 Å². The van der Waals surface area contributed by atoms with E-state index in [9.17, 15) is 9.59 Å². The summed E-state index contributed by atoms with van der Waals surface area (Å²) < 4.78 is 10.9. The quantitative estimate of drug-likeness (QED) is 0.877. The second kappa shape index (κ2) is 6.52. The lowest BCUT2D eigenvalue weighted by atomic mass is 9.97. The molecule has 0 spiro atoms. The Morgan fingerprint density at radius 3 is 2.61 bits per heavy atom. The van der Waals surface area contributed by atoms with Gasteiger partial charge in [-0.2, -0.15) is 0 Å². The lowest BCUT2D eigenvalue weighted by Crippen LogP contribution is -2.29. The molecule has 118 valence electrons. The molecule has 5 heteroatoms. The van der Waals surface area contributed by atoms with Crippen molar-refractivity contribution in [2.24, 2.45) is 11.7 Å². The maximum atomic E-state index is 12.2. The molecule has 0 bridgehead atoms. The Bertz CT molecular complexity index is 724. The maximum Gasteiger partial charge on any atom is 0.313 e. The minimum atomic E-state index is -0.480. The van der Waals surface area contributed by atoms with Gasteiger partial charge in [-0.3, -0.25) is 9.59 Å². The average molecular weight is 311 g/mol. The fourth-order valence-corrected chi connectivity index (χ4v) is 2.52. The van der Waals surface area contributed by atoms with Crippen molar-refractivity contribution in [3.63, 3.8) is 0 Å². The summed E-state index contributed by atoms with van der Waals surface area (Å²) in [5, 5.41) is 0. The molecule has 2 aromatic rings. The van der Waals surface area contributed by atoms with Crippen LogP contribution in [0.3, 0.4) is 0 Å². The van der Waals surface area contributed by atoms with E-state index in [1.807, 2.05) is 24.3 Å². The first-order valence-electron chi connectivity index (χ1n) is 7.39. The van der Waals surface area contributed by atoms with Gasteiger partial charge in [0.25, 0.3) is 0 Å². The standard InChI is InChI=1S/C18H17NO4/c19-17(20)13-7-5-12(6-8-13)10-23-18(21)15-9-14-3-1-2-4-16(14)22-11-15/h1-8,15H,9-11H2,(H2,19,20)/t15-/m0/s1. The van der Waals surface area contributed by atoms with Gasteiger partial charge in [-0.15, -0.1) is 0 Å². The third kappa shape index (κ3) is 3.51. The van der Waals surface area contributed by atoms with Crippen LogP contribution in [0, 0.1) is 5.92 Å². The minimum Gasteiger partial charge on any atom is -0.492 e. The van der Waals surface area contributed by atoms with E-state index in [-0.39, 0.29) is 18.5 Å². The third-order valence-electron chi connectivity index (χ3n) is 3.83.